The molecule has 6 nitrogen and oxygen atoms in total. The zero-order valence-electron chi connectivity index (χ0n) is 14.9. The van der Waals surface area contributed by atoms with E-state index in [1.165, 1.54) is 17.0 Å². The summed E-state index contributed by atoms with van der Waals surface area (Å²) in [6.45, 7) is 2.44. The number of nitrogens with zero attached hydrogens (tertiary/aromatic N) is 3. The van der Waals surface area contributed by atoms with Gasteiger partial charge in [-0.3, -0.25) is 9.59 Å². The molecule has 1 amide bonds. The Bertz CT molecular complexity index is 1060. The molecule has 0 aliphatic carbocycles. The minimum Gasteiger partial charge on any atom is -0.267 e. The van der Waals surface area contributed by atoms with E-state index in [1.54, 1.807) is 42.5 Å². The SMILES string of the molecule is CCCCn1nc(C(=O)N/N=C\c2ccccc2F)c2ccccc2c1=O. The van der Waals surface area contributed by atoms with Gasteiger partial charge in [0.1, 0.15) is 5.82 Å². The molecule has 1 N–H and O–H groups in total. The van der Waals surface area contributed by atoms with Crippen LogP contribution in [0.2, 0.25) is 0 Å². The predicted octanol–water partition coefficient (Wildman–Crippen LogP) is 3.10. The summed E-state index contributed by atoms with van der Waals surface area (Å²) in [6, 6.07) is 12.9. The fraction of sp³-hybridized carbons (Fsp3) is 0.200. The molecule has 3 rings (SSSR count). The van der Waals surface area contributed by atoms with Crippen molar-refractivity contribution in [2.45, 2.75) is 26.3 Å². The van der Waals surface area contributed by atoms with Gasteiger partial charge in [-0.2, -0.15) is 10.2 Å². The van der Waals surface area contributed by atoms with Crippen molar-refractivity contribution in [1.29, 1.82) is 0 Å². The number of hydrazone groups is 1. The summed E-state index contributed by atoms with van der Waals surface area (Å²) < 4.78 is 14.9. The Hall–Kier alpha value is -3.35. The monoisotopic (exact) mass is 366 g/mol. The van der Waals surface area contributed by atoms with E-state index < -0.39 is 11.7 Å². The molecule has 3 aromatic rings. The number of benzene rings is 2. The number of carbonyl (C=O) groups excluding carboxylic acids is 1. The number of fused-ring (bicyclic) bond motifs is 1. The summed E-state index contributed by atoms with van der Waals surface area (Å²) in [5, 5.41) is 8.91. The average Bonchev–Trinajstić information content (AvgIpc) is 2.69. The molecule has 1 heterocycles. The summed E-state index contributed by atoms with van der Waals surface area (Å²) in [6.07, 6.45) is 2.90. The van der Waals surface area contributed by atoms with Gasteiger partial charge in [0.2, 0.25) is 0 Å². The van der Waals surface area contributed by atoms with Crippen molar-refractivity contribution in [3.05, 3.63) is 76.0 Å². The lowest BCUT2D eigenvalue weighted by Crippen LogP contribution is -2.29. The number of halogens is 1. The van der Waals surface area contributed by atoms with Crippen LogP contribution in [0.15, 0.2) is 58.4 Å². The van der Waals surface area contributed by atoms with Crippen LogP contribution in [-0.2, 0) is 6.54 Å². The van der Waals surface area contributed by atoms with Crippen LogP contribution in [0.25, 0.3) is 10.8 Å². The highest BCUT2D eigenvalue weighted by Gasteiger charge is 2.16. The Kier molecular flexibility index (Phi) is 5.71. The summed E-state index contributed by atoms with van der Waals surface area (Å²) in [4.78, 5) is 25.1. The molecule has 0 radical (unpaired) electrons. The molecule has 0 atom stereocenters. The maximum atomic E-state index is 13.6. The normalized spacial score (nSPS) is 11.2. The van der Waals surface area contributed by atoms with Crippen LogP contribution in [0.1, 0.15) is 35.8 Å². The molecule has 7 heteroatoms. The maximum Gasteiger partial charge on any atom is 0.292 e. The number of nitrogens with one attached hydrogen (secondary N) is 1. The first-order valence-electron chi connectivity index (χ1n) is 8.69. The highest BCUT2D eigenvalue weighted by atomic mass is 19.1. The quantitative estimate of drug-likeness (QED) is 0.538. The number of rotatable bonds is 6. The molecule has 0 fully saturated rings. The number of carbonyl (C=O) groups is 1. The Morgan fingerprint density at radius 3 is 2.63 bits per heavy atom. The van der Waals surface area contributed by atoms with Crippen LogP contribution >= 0.6 is 0 Å². The third-order valence-electron chi connectivity index (χ3n) is 4.08. The Balaban J connectivity index is 1.92. The average molecular weight is 366 g/mol. The molecule has 27 heavy (non-hydrogen) atoms. The van der Waals surface area contributed by atoms with Crippen molar-refractivity contribution in [2.75, 3.05) is 0 Å². The molecule has 0 saturated carbocycles. The smallest absolute Gasteiger partial charge is 0.267 e. The lowest BCUT2D eigenvalue weighted by molar-refractivity contribution is 0.0949. The minimum absolute atomic E-state index is 0.104. The van der Waals surface area contributed by atoms with Crippen LogP contribution in [0.4, 0.5) is 4.39 Å². The van der Waals surface area contributed by atoms with E-state index in [2.05, 4.69) is 15.6 Å². The van der Waals surface area contributed by atoms with E-state index in [0.29, 0.717) is 17.3 Å². The van der Waals surface area contributed by atoms with Gasteiger partial charge in [0.15, 0.2) is 5.69 Å². The van der Waals surface area contributed by atoms with Crippen molar-refractivity contribution in [2.24, 2.45) is 5.10 Å². The van der Waals surface area contributed by atoms with E-state index in [-0.39, 0.29) is 16.8 Å². The first kappa shape index (κ1) is 18.4. The van der Waals surface area contributed by atoms with Gasteiger partial charge in [-0.15, -0.1) is 0 Å². The lowest BCUT2D eigenvalue weighted by Gasteiger charge is -2.09. The maximum absolute atomic E-state index is 13.6. The van der Waals surface area contributed by atoms with Crippen LogP contribution in [0, 0.1) is 5.82 Å². The standard InChI is InChI=1S/C20H19FN4O2/c1-2-3-12-25-20(27)16-10-6-5-9-15(16)18(24-25)19(26)23-22-13-14-8-4-7-11-17(14)21/h4-11,13H,2-3,12H2,1H3,(H,23,26)/b22-13-. The highest BCUT2D eigenvalue weighted by molar-refractivity contribution is 6.04. The summed E-state index contributed by atoms with van der Waals surface area (Å²) in [5.74, 6) is -1.00. The molecule has 0 aliphatic rings. The molecule has 0 bridgehead atoms. The molecule has 138 valence electrons. The summed E-state index contributed by atoms with van der Waals surface area (Å²) in [7, 11) is 0. The van der Waals surface area contributed by atoms with Gasteiger partial charge in [0.05, 0.1) is 11.6 Å². The van der Waals surface area contributed by atoms with Gasteiger partial charge in [-0.1, -0.05) is 49.7 Å². The Morgan fingerprint density at radius 2 is 1.89 bits per heavy atom. The fourth-order valence-corrected chi connectivity index (χ4v) is 2.66. The molecule has 2 aromatic carbocycles. The Morgan fingerprint density at radius 1 is 1.19 bits per heavy atom. The zero-order valence-corrected chi connectivity index (χ0v) is 14.9. The molecule has 0 saturated heterocycles. The third-order valence-corrected chi connectivity index (χ3v) is 4.08. The van der Waals surface area contributed by atoms with Gasteiger partial charge in [0.25, 0.3) is 11.5 Å². The van der Waals surface area contributed by atoms with E-state index >= 15 is 0 Å². The second-order valence-electron chi connectivity index (χ2n) is 6.00. The molecular weight excluding hydrogens is 347 g/mol. The molecular formula is C20H19FN4O2. The van der Waals surface area contributed by atoms with Crippen LogP contribution in [0.5, 0.6) is 0 Å². The second kappa shape index (κ2) is 8.35. The largest absolute Gasteiger partial charge is 0.292 e. The number of aromatic nitrogens is 2. The predicted molar refractivity (Wildman–Crippen MR) is 102 cm³/mol. The van der Waals surface area contributed by atoms with E-state index in [4.69, 9.17) is 0 Å². The molecule has 0 unspecified atom stereocenters. The van der Waals surface area contributed by atoms with Gasteiger partial charge in [-0.05, 0) is 18.6 Å². The van der Waals surface area contributed by atoms with Crippen molar-refractivity contribution in [3.8, 4) is 0 Å². The lowest BCUT2D eigenvalue weighted by atomic mass is 10.1. The van der Waals surface area contributed by atoms with Gasteiger partial charge < -0.3 is 0 Å². The first-order chi connectivity index (χ1) is 13.1. The second-order valence-corrected chi connectivity index (χ2v) is 6.00. The Labute approximate surface area is 155 Å². The number of hydrogen-bond donors (Lipinski definition) is 1. The number of hydrogen-bond acceptors (Lipinski definition) is 4. The third kappa shape index (κ3) is 4.08. The van der Waals surface area contributed by atoms with Crippen LogP contribution in [0.3, 0.4) is 0 Å². The zero-order chi connectivity index (χ0) is 19.2. The summed E-state index contributed by atoms with van der Waals surface area (Å²) in [5.41, 5.74) is 2.48. The van der Waals surface area contributed by atoms with Crippen LogP contribution < -0.4 is 11.0 Å². The summed E-state index contributed by atoms with van der Waals surface area (Å²) >= 11 is 0. The van der Waals surface area contributed by atoms with Crippen molar-refractivity contribution >= 4 is 22.9 Å². The number of unbranched alkanes of at least 4 members (excludes halogenated alkanes) is 1. The topological polar surface area (TPSA) is 76.3 Å². The molecule has 0 aliphatic heterocycles. The molecule has 0 spiro atoms. The van der Waals surface area contributed by atoms with Crippen molar-refractivity contribution in [3.63, 3.8) is 0 Å². The molecule has 1 aromatic heterocycles. The van der Waals surface area contributed by atoms with Gasteiger partial charge >= 0.3 is 0 Å². The number of aryl methyl sites for hydroxylation is 1. The van der Waals surface area contributed by atoms with Gasteiger partial charge in [0, 0.05) is 17.5 Å². The first-order valence-corrected chi connectivity index (χ1v) is 8.69. The van der Waals surface area contributed by atoms with Gasteiger partial charge in [-0.25, -0.2) is 14.5 Å². The van der Waals surface area contributed by atoms with E-state index in [9.17, 15) is 14.0 Å². The van der Waals surface area contributed by atoms with E-state index in [1.807, 2.05) is 6.92 Å². The number of amides is 1. The van der Waals surface area contributed by atoms with Crippen LogP contribution in [-0.4, -0.2) is 21.9 Å². The van der Waals surface area contributed by atoms with Crippen molar-refractivity contribution < 1.29 is 9.18 Å². The van der Waals surface area contributed by atoms with Crippen molar-refractivity contribution in [1.82, 2.24) is 15.2 Å². The fourth-order valence-electron chi connectivity index (χ4n) is 2.66. The highest BCUT2D eigenvalue weighted by Crippen LogP contribution is 2.13. The van der Waals surface area contributed by atoms with E-state index in [0.717, 1.165) is 12.8 Å². The minimum atomic E-state index is -0.566.